The molecule has 0 aromatic heterocycles. The summed E-state index contributed by atoms with van der Waals surface area (Å²) in [5, 5.41) is 0. The second-order valence-electron chi connectivity index (χ2n) is 10.7. The molecular formula is C23H37O5P. The van der Waals surface area contributed by atoms with Gasteiger partial charge in [0.1, 0.15) is 5.75 Å². The van der Waals surface area contributed by atoms with E-state index >= 15 is 0 Å². The first-order valence-electron chi connectivity index (χ1n) is 10.2. The van der Waals surface area contributed by atoms with Crippen LogP contribution in [0.1, 0.15) is 84.9 Å². The Morgan fingerprint density at radius 2 is 1.48 bits per heavy atom. The van der Waals surface area contributed by atoms with Gasteiger partial charge in [-0.15, -0.1) is 0 Å². The van der Waals surface area contributed by atoms with Gasteiger partial charge < -0.3 is 18.3 Å². The average Bonchev–Trinajstić information content (AvgIpc) is 2.60. The molecule has 0 saturated carbocycles. The second kappa shape index (κ2) is 8.53. The number of ether oxygens (including phenoxy) is 1. The number of esters is 1. The van der Waals surface area contributed by atoms with E-state index in [0.29, 0.717) is 13.2 Å². The van der Waals surface area contributed by atoms with Gasteiger partial charge in [0.15, 0.2) is 0 Å². The second-order valence-corrected chi connectivity index (χ2v) is 11.9. The summed E-state index contributed by atoms with van der Waals surface area (Å²) in [5.41, 5.74) is 2.61. The van der Waals surface area contributed by atoms with E-state index in [4.69, 9.17) is 18.3 Å². The Kier molecular flexibility index (Phi) is 7.09. The molecule has 5 nitrogen and oxygen atoms in total. The monoisotopic (exact) mass is 424 g/mol. The van der Waals surface area contributed by atoms with Crippen LogP contribution in [0.2, 0.25) is 0 Å². The zero-order chi connectivity index (χ0) is 22.2. The summed E-state index contributed by atoms with van der Waals surface area (Å²) >= 11 is 0. The first-order valence-corrected chi connectivity index (χ1v) is 11.3. The number of hydrogen-bond donors (Lipinski definition) is 0. The van der Waals surface area contributed by atoms with Crippen LogP contribution in [-0.4, -0.2) is 26.3 Å². The topological polar surface area (TPSA) is 54.0 Å². The normalized spacial score (nSPS) is 19.0. The maximum absolute atomic E-state index is 12.2. The van der Waals surface area contributed by atoms with E-state index < -0.39 is 8.60 Å². The molecule has 0 N–H and O–H groups in total. The molecular weight excluding hydrogens is 387 g/mol. The lowest BCUT2D eigenvalue weighted by molar-refractivity contribution is -0.142. The number of hydrogen-bond acceptors (Lipinski definition) is 5. The van der Waals surface area contributed by atoms with Gasteiger partial charge in [-0.1, -0.05) is 67.5 Å². The van der Waals surface area contributed by atoms with Gasteiger partial charge in [0.25, 0.3) is 0 Å². The molecule has 1 heterocycles. The maximum atomic E-state index is 12.2. The van der Waals surface area contributed by atoms with Crippen LogP contribution in [-0.2, 0) is 29.4 Å². The fraction of sp³-hybridized carbons (Fsp3) is 0.696. The van der Waals surface area contributed by atoms with Gasteiger partial charge in [-0.25, -0.2) is 0 Å². The number of benzene rings is 1. The third-order valence-electron chi connectivity index (χ3n) is 5.07. The average molecular weight is 425 g/mol. The van der Waals surface area contributed by atoms with Gasteiger partial charge in [-0.3, -0.25) is 4.79 Å². The molecule has 1 unspecified atom stereocenters. The summed E-state index contributed by atoms with van der Waals surface area (Å²) in [7, 11) is -0.0412. The Labute approximate surface area is 177 Å². The summed E-state index contributed by atoms with van der Waals surface area (Å²) in [6.07, 6.45) is 0. The third-order valence-corrected chi connectivity index (χ3v) is 6.08. The quantitative estimate of drug-likeness (QED) is 0.423. The highest BCUT2D eigenvalue weighted by molar-refractivity contribution is 7.42. The SMILES string of the molecule is COC(=O)C(C)c1cc(C(C)(C)C)c(OP2OCC(C)(C)CO2)c(C(C)(C)C)c1. The minimum Gasteiger partial charge on any atom is -0.469 e. The standard InChI is InChI=1S/C23H37O5P/c1-15(20(24)25-10)16-11-17(21(2,3)4)19(18(12-16)22(5,6)7)28-29-26-13-23(8,9)14-27-29/h11-12,15H,13-14H2,1-10H3. The maximum Gasteiger partial charge on any atom is 0.397 e. The van der Waals surface area contributed by atoms with Crippen LogP contribution < -0.4 is 4.52 Å². The van der Waals surface area contributed by atoms with Crippen molar-refractivity contribution in [1.29, 1.82) is 0 Å². The zero-order valence-corrected chi connectivity index (χ0v) is 20.5. The molecule has 0 bridgehead atoms. The minimum absolute atomic E-state index is 0.0122. The Balaban J connectivity index is 2.56. The number of carbonyl (C=O) groups is 1. The van der Waals surface area contributed by atoms with Gasteiger partial charge in [0.2, 0.25) is 0 Å². The summed E-state index contributed by atoms with van der Waals surface area (Å²) in [6, 6.07) is 4.13. The van der Waals surface area contributed by atoms with E-state index in [1.807, 2.05) is 6.92 Å². The van der Waals surface area contributed by atoms with Crippen LogP contribution in [0.5, 0.6) is 5.75 Å². The predicted octanol–water partition coefficient (Wildman–Crippen LogP) is 6.24. The van der Waals surface area contributed by atoms with Gasteiger partial charge in [-0.05, 0) is 23.3 Å². The van der Waals surface area contributed by atoms with Gasteiger partial charge >= 0.3 is 14.6 Å². The molecule has 1 saturated heterocycles. The molecule has 164 valence electrons. The van der Waals surface area contributed by atoms with Crippen LogP contribution in [0.3, 0.4) is 0 Å². The number of carbonyl (C=O) groups excluding carboxylic acids is 1. The zero-order valence-electron chi connectivity index (χ0n) is 19.6. The summed E-state index contributed by atoms with van der Waals surface area (Å²) in [4.78, 5) is 12.2. The van der Waals surface area contributed by atoms with Gasteiger partial charge in [0, 0.05) is 16.5 Å². The van der Waals surface area contributed by atoms with Crippen LogP contribution in [0.15, 0.2) is 12.1 Å². The van der Waals surface area contributed by atoms with Crippen molar-refractivity contribution in [3.05, 3.63) is 28.8 Å². The minimum atomic E-state index is -1.47. The molecule has 1 aromatic rings. The molecule has 6 heteroatoms. The highest BCUT2D eigenvalue weighted by Gasteiger charge is 2.35. The smallest absolute Gasteiger partial charge is 0.397 e. The summed E-state index contributed by atoms with van der Waals surface area (Å²) in [5.74, 6) is 0.200. The van der Waals surface area contributed by atoms with E-state index in [9.17, 15) is 4.79 Å². The highest BCUT2D eigenvalue weighted by Crippen LogP contribution is 2.52. The van der Waals surface area contributed by atoms with Crippen molar-refractivity contribution in [2.45, 2.75) is 79.1 Å². The van der Waals surface area contributed by atoms with E-state index in [1.165, 1.54) is 7.11 Å². The number of methoxy groups -OCH3 is 1. The fourth-order valence-corrected chi connectivity index (χ4v) is 4.52. The Morgan fingerprint density at radius 3 is 1.86 bits per heavy atom. The summed E-state index contributed by atoms with van der Waals surface area (Å²) < 4.78 is 23.2. The third kappa shape index (κ3) is 5.93. The van der Waals surface area contributed by atoms with Crippen molar-refractivity contribution < 1.29 is 23.1 Å². The predicted molar refractivity (Wildman–Crippen MR) is 118 cm³/mol. The molecule has 0 amide bonds. The highest BCUT2D eigenvalue weighted by atomic mass is 31.2. The van der Waals surface area contributed by atoms with Crippen LogP contribution in [0.25, 0.3) is 0 Å². The van der Waals surface area contributed by atoms with Crippen molar-refractivity contribution in [1.82, 2.24) is 0 Å². The molecule has 29 heavy (non-hydrogen) atoms. The first-order chi connectivity index (χ1) is 13.2. The molecule has 2 rings (SSSR count). The van der Waals surface area contributed by atoms with Crippen LogP contribution in [0, 0.1) is 5.41 Å². The van der Waals surface area contributed by atoms with E-state index in [0.717, 1.165) is 22.4 Å². The van der Waals surface area contributed by atoms with Crippen molar-refractivity contribution in [2.75, 3.05) is 20.3 Å². The van der Waals surface area contributed by atoms with Crippen molar-refractivity contribution in [3.63, 3.8) is 0 Å². The fourth-order valence-electron chi connectivity index (χ4n) is 3.09. The largest absolute Gasteiger partial charge is 0.469 e. The molecule has 1 fully saturated rings. The lowest BCUT2D eigenvalue weighted by atomic mass is 9.77. The van der Waals surface area contributed by atoms with E-state index in [1.54, 1.807) is 0 Å². The lowest BCUT2D eigenvalue weighted by Crippen LogP contribution is -2.29. The Morgan fingerprint density at radius 1 is 1.03 bits per heavy atom. The van der Waals surface area contributed by atoms with Crippen molar-refractivity contribution in [3.8, 4) is 5.75 Å². The van der Waals surface area contributed by atoms with Gasteiger partial charge in [0.05, 0.1) is 26.2 Å². The van der Waals surface area contributed by atoms with Crippen molar-refractivity contribution in [2.24, 2.45) is 5.41 Å². The molecule has 1 atom stereocenters. The first kappa shape index (κ1) is 24.1. The van der Waals surface area contributed by atoms with E-state index in [2.05, 4.69) is 67.5 Å². The lowest BCUT2D eigenvalue weighted by Gasteiger charge is -2.35. The number of rotatable bonds is 4. The Bertz CT molecular complexity index is 698. The van der Waals surface area contributed by atoms with Crippen LogP contribution in [0.4, 0.5) is 0 Å². The van der Waals surface area contributed by atoms with Crippen molar-refractivity contribution >= 4 is 14.6 Å². The van der Waals surface area contributed by atoms with Gasteiger partial charge in [-0.2, -0.15) is 0 Å². The van der Waals surface area contributed by atoms with E-state index in [-0.39, 0.29) is 28.1 Å². The van der Waals surface area contributed by atoms with Crippen LogP contribution >= 0.6 is 8.60 Å². The molecule has 1 aliphatic heterocycles. The summed E-state index contributed by atoms with van der Waals surface area (Å²) in [6.45, 7) is 20.2. The Hall–Kier alpha value is -1.16. The molecule has 0 radical (unpaired) electrons. The molecule has 1 aromatic carbocycles. The molecule has 1 aliphatic rings. The molecule has 0 aliphatic carbocycles. The molecule has 0 spiro atoms.